The van der Waals surface area contributed by atoms with Gasteiger partial charge >= 0.3 is 0 Å². The maximum Gasteiger partial charge on any atom is 0.222 e. The summed E-state index contributed by atoms with van der Waals surface area (Å²) in [5.41, 5.74) is -0.663. The molecule has 0 radical (unpaired) electrons. The Hall–Kier alpha value is -0.610. The van der Waals surface area contributed by atoms with Gasteiger partial charge in [0.25, 0.3) is 0 Å². The average molecular weight is 215 g/mol. The van der Waals surface area contributed by atoms with Crippen molar-refractivity contribution < 1.29 is 15.0 Å². The molecule has 0 saturated heterocycles. The summed E-state index contributed by atoms with van der Waals surface area (Å²) in [6.07, 6.45) is 4.56. The molecular formula is C11H21NO3. The highest BCUT2D eigenvalue weighted by molar-refractivity contribution is 5.75. The van der Waals surface area contributed by atoms with Crippen LogP contribution in [-0.2, 0) is 4.79 Å². The molecule has 1 fully saturated rings. The number of carbonyl (C=O) groups is 1. The van der Waals surface area contributed by atoms with E-state index in [0.717, 1.165) is 25.7 Å². The van der Waals surface area contributed by atoms with Gasteiger partial charge in [0.2, 0.25) is 5.91 Å². The summed E-state index contributed by atoms with van der Waals surface area (Å²) in [6.45, 7) is 0.473. The van der Waals surface area contributed by atoms with Crippen molar-refractivity contribution in [2.75, 3.05) is 20.2 Å². The van der Waals surface area contributed by atoms with Crippen molar-refractivity contribution in [3.63, 3.8) is 0 Å². The van der Waals surface area contributed by atoms with Gasteiger partial charge in [-0.15, -0.1) is 0 Å². The van der Waals surface area contributed by atoms with Crippen molar-refractivity contribution in [2.45, 2.75) is 44.1 Å². The predicted molar refractivity (Wildman–Crippen MR) is 57.4 cm³/mol. The molecular weight excluding hydrogens is 194 g/mol. The Bertz CT molecular complexity index is 212. The first-order valence-corrected chi connectivity index (χ1v) is 5.65. The Labute approximate surface area is 90.9 Å². The molecule has 0 heterocycles. The first-order chi connectivity index (χ1) is 7.07. The van der Waals surface area contributed by atoms with E-state index in [9.17, 15) is 9.90 Å². The lowest BCUT2D eigenvalue weighted by Gasteiger charge is -2.28. The summed E-state index contributed by atoms with van der Waals surface area (Å²) >= 11 is 0. The van der Waals surface area contributed by atoms with Crippen molar-refractivity contribution in [1.29, 1.82) is 0 Å². The van der Waals surface area contributed by atoms with Crippen LogP contribution >= 0.6 is 0 Å². The van der Waals surface area contributed by atoms with E-state index in [1.54, 1.807) is 11.9 Å². The summed E-state index contributed by atoms with van der Waals surface area (Å²) in [6, 6.07) is 0. The topological polar surface area (TPSA) is 60.8 Å². The number of carbonyl (C=O) groups excluding carboxylic acids is 1. The van der Waals surface area contributed by atoms with Gasteiger partial charge in [-0.3, -0.25) is 4.79 Å². The smallest absolute Gasteiger partial charge is 0.222 e. The highest BCUT2D eigenvalue weighted by atomic mass is 16.3. The maximum atomic E-state index is 11.5. The van der Waals surface area contributed by atoms with E-state index in [4.69, 9.17) is 5.11 Å². The number of rotatable bonds is 5. The minimum Gasteiger partial charge on any atom is -0.396 e. The normalized spacial score (nSPS) is 19.1. The number of aliphatic hydroxyl groups is 2. The molecule has 1 aliphatic rings. The Morgan fingerprint density at radius 1 is 1.40 bits per heavy atom. The van der Waals surface area contributed by atoms with Crippen LogP contribution < -0.4 is 0 Å². The molecule has 0 aromatic heterocycles. The number of hydrogen-bond acceptors (Lipinski definition) is 3. The van der Waals surface area contributed by atoms with Crippen molar-refractivity contribution in [2.24, 2.45) is 0 Å². The minimum absolute atomic E-state index is 0.00405. The van der Waals surface area contributed by atoms with Crippen LogP contribution in [0.3, 0.4) is 0 Å². The molecule has 0 unspecified atom stereocenters. The predicted octanol–water partition coefficient (Wildman–Crippen LogP) is 0.522. The van der Waals surface area contributed by atoms with E-state index in [1.807, 2.05) is 0 Å². The summed E-state index contributed by atoms with van der Waals surface area (Å²) < 4.78 is 0. The second-order valence-corrected chi connectivity index (χ2v) is 4.51. The van der Waals surface area contributed by atoms with E-state index in [0.29, 0.717) is 19.4 Å². The van der Waals surface area contributed by atoms with Gasteiger partial charge in [-0.2, -0.15) is 0 Å². The fourth-order valence-corrected chi connectivity index (χ4v) is 2.14. The lowest BCUT2D eigenvalue weighted by atomic mass is 10.0. The van der Waals surface area contributed by atoms with Crippen LogP contribution in [0.25, 0.3) is 0 Å². The number of nitrogens with zero attached hydrogens (tertiary/aromatic N) is 1. The molecule has 0 aromatic rings. The van der Waals surface area contributed by atoms with Crippen LogP contribution in [0.1, 0.15) is 38.5 Å². The maximum absolute atomic E-state index is 11.5. The zero-order valence-electron chi connectivity index (χ0n) is 9.41. The molecule has 0 spiro atoms. The zero-order valence-corrected chi connectivity index (χ0v) is 9.41. The second kappa shape index (κ2) is 5.47. The van der Waals surface area contributed by atoms with Gasteiger partial charge in [0.05, 0.1) is 5.60 Å². The SMILES string of the molecule is CN(CC1(O)CCCC1)C(=O)CCCO. The molecule has 4 nitrogen and oxygen atoms in total. The van der Waals surface area contributed by atoms with Crippen LogP contribution in [0, 0.1) is 0 Å². The highest BCUT2D eigenvalue weighted by Gasteiger charge is 2.33. The lowest BCUT2D eigenvalue weighted by Crippen LogP contribution is -2.42. The number of likely N-dealkylation sites (N-methyl/N-ethyl adjacent to an activating group) is 1. The van der Waals surface area contributed by atoms with Gasteiger partial charge in [0.1, 0.15) is 0 Å². The Morgan fingerprint density at radius 3 is 2.53 bits per heavy atom. The van der Waals surface area contributed by atoms with Crippen LogP contribution in [0.5, 0.6) is 0 Å². The van der Waals surface area contributed by atoms with E-state index in [2.05, 4.69) is 0 Å². The summed E-state index contributed by atoms with van der Waals surface area (Å²) in [7, 11) is 1.72. The molecule has 1 saturated carbocycles. The fourth-order valence-electron chi connectivity index (χ4n) is 2.14. The summed E-state index contributed by atoms with van der Waals surface area (Å²) in [5, 5.41) is 18.7. The van der Waals surface area contributed by atoms with Gasteiger partial charge in [0.15, 0.2) is 0 Å². The average Bonchev–Trinajstić information content (AvgIpc) is 2.61. The zero-order chi connectivity index (χ0) is 11.3. The van der Waals surface area contributed by atoms with Crippen molar-refractivity contribution in [3.8, 4) is 0 Å². The van der Waals surface area contributed by atoms with Crippen molar-refractivity contribution >= 4 is 5.91 Å². The summed E-state index contributed by atoms with van der Waals surface area (Å²) in [4.78, 5) is 13.1. The van der Waals surface area contributed by atoms with E-state index in [1.165, 1.54) is 0 Å². The largest absolute Gasteiger partial charge is 0.396 e. The number of hydrogen-bond donors (Lipinski definition) is 2. The van der Waals surface area contributed by atoms with Crippen LogP contribution in [0.15, 0.2) is 0 Å². The van der Waals surface area contributed by atoms with Gasteiger partial charge in [0, 0.05) is 26.6 Å². The van der Waals surface area contributed by atoms with Crippen LogP contribution in [-0.4, -0.2) is 46.8 Å². The molecule has 1 aliphatic carbocycles. The molecule has 0 bridgehead atoms. The third kappa shape index (κ3) is 3.80. The monoisotopic (exact) mass is 215 g/mol. The van der Waals surface area contributed by atoms with E-state index < -0.39 is 5.60 Å². The molecule has 1 rings (SSSR count). The Balaban J connectivity index is 2.33. The van der Waals surface area contributed by atoms with Gasteiger partial charge < -0.3 is 15.1 Å². The molecule has 0 atom stereocenters. The first-order valence-electron chi connectivity index (χ1n) is 5.65. The number of aliphatic hydroxyl groups excluding tert-OH is 1. The quantitative estimate of drug-likeness (QED) is 0.703. The first kappa shape index (κ1) is 12.5. The third-order valence-corrected chi connectivity index (χ3v) is 3.04. The van der Waals surface area contributed by atoms with Gasteiger partial charge in [-0.25, -0.2) is 0 Å². The van der Waals surface area contributed by atoms with E-state index >= 15 is 0 Å². The molecule has 1 amide bonds. The van der Waals surface area contributed by atoms with Crippen LogP contribution in [0.4, 0.5) is 0 Å². The van der Waals surface area contributed by atoms with Gasteiger partial charge in [-0.05, 0) is 19.3 Å². The molecule has 0 aliphatic heterocycles. The molecule has 88 valence electrons. The molecule has 4 heteroatoms. The number of amides is 1. The van der Waals surface area contributed by atoms with Gasteiger partial charge in [-0.1, -0.05) is 12.8 Å². The van der Waals surface area contributed by atoms with Crippen molar-refractivity contribution in [1.82, 2.24) is 4.90 Å². The Morgan fingerprint density at radius 2 is 2.00 bits per heavy atom. The Kier molecular flexibility index (Phi) is 4.54. The summed E-state index contributed by atoms with van der Waals surface area (Å²) in [5.74, 6) is 0.00405. The standard InChI is InChI=1S/C11H21NO3/c1-12(10(14)5-4-8-13)9-11(15)6-2-3-7-11/h13,15H,2-9H2,1H3. The highest BCUT2D eigenvalue weighted by Crippen LogP contribution is 2.29. The fraction of sp³-hybridized carbons (Fsp3) is 0.909. The van der Waals surface area contributed by atoms with Crippen molar-refractivity contribution in [3.05, 3.63) is 0 Å². The minimum atomic E-state index is -0.663. The molecule has 0 aromatic carbocycles. The lowest BCUT2D eigenvalue weighted by molar-refractivity contribution is -0.133. The third-order valence-electron chi connectivity index (χ3n) is 3.04. The van der Waals surface area contributed by atoms with E-state index in [-0.39, 0.29) is 12.5 Å². The van der Waals surface area contributed by atoms with Crippen LogP contribution in [0.2, 0.25) is 0 Å². The second-order valence-electron chi connectivity index (χ2n) is 4.51. The molecule has 2 N–H and O–H groups in total. The molecule has 15 heavy (non-hydrogen) atoms.